The number of aliphatic hydroxyl groups is 2. The number of benzene rings is 1. The number of nitrogens with one attached hydrogen (secondary N) is 2. The van der Waals surface area contributed by atoms with Crippen molar-refractivity contribution in [2.45, 2.75) is 156 Å². The Morgan fingerprint density at radius 3 is 2.13 bits per heavy atom. The fraction of sp³-hybridized carbons (Fsp3) is 0.725. The number of aliphatic hydroxyl groups excluding tert-OH is 2. The van der Waals surface area contributed by atoms with Gasteiger partial charge in [-0.05, 0) is 54.7 Å². The van der Waals surface area contributed by atoms with Crippen molar-refractivity contribution < 1.29 is 28.1 Å². The van der Waals surface area contributed by atoms with Gasteiger partial charge in [-0.3, -0.25) is 9.89 Å². The average Bonchev–Trinajstić information content (AvgIpc) is 3.66. The van der Waals surface area contributed by atoms with E-state index < -0.39 is 23.4 Å². The van der Waals surface area contributed by atoms with Gasteiger partial charge < -0.3 is 24.0 Å². The number of rotatable bonds is 23. The van der Waals surface area contributed by atoms with Gasteiger partial charge in [0.15, 0.2) is 29.1 Å². The van der Waals surface area contributed by atoms with Crippen LogP contribution < -0.4 is 13.6 Å². The zero-order chi connectivity index (χ0) is 39.4. The van der Waals surface area contributed by atoms with Crippen LogP contribution in [0, 0.1) is 5.41 Å². The molecule has 300 valence electrons. The molecule has 0 fully saturated rings. The molecule has 1 aromatic carbocycles. The summed E-state index contributed by atoms with van der Waals surface area (Å²) in [6.07, 6.45) is 9.32. The summed E-state index contributed by atoms with van der Waals surface area (Å²) in [5.41, 5.74) is 2.31. The van der Waals surface area contributed by atoms with Gasteiger partial charge in [0.1, 0.15) is 0 Å². The molecule has 3 unspecified atom stereocenters. The molecule has 3 atom stereocenters. The second-order valence-electron chi connectivity index (χ2n) is 17.3. The van der Waals surface area contributed by atoms with Crippen LogP contribution in [0.25, 0.3) is 5.65 Å². The lowest BCUT2D eigenvalue weighted by Crippen LogP contribution is -2.44. The molecule has 0 saturated carbocycles. The van der Waals surface area contributed by atoms with Crippen LogP contribution in [-0.2, 0) is 26.9 Å². The summed E-state index contributed by atoms with van der Waals surface area (Å²) in [6.45, 7) is 21.0. The van der Waals surface area contributed by atoms with Gasteiger partial charge >= 0.3 is 0 Å². The number of carbonyl (C=O) groups excluding carboxylic acids is 1. The SMILES string of the molecule is CCCCCCCCCCC(Oc1ccc(C(C)(C)CC(C)(C)C)cc1OS(=O)NC(C)c1nnc2cc(C(C)(C)C)[nH]n12)C(=O)N(CCO)CCO. The first kappa shape index (κ1) is 44.4. The maximum absolute atomic E-state index is 13.9. The van der Waals surface area contributed by atoms with Crippen molar-refractivity contribution in [1.29, 1.82) is 0 Å². The van der Waals surface area contributed by atoms with Crippen molar-refractivity contribution in [3.8, 4) is 11.5 Å². The Bertz CT molecular complexity index is 1580. The van der Waals surface area contributed by atoms with Crippen molar-refractivity contribution in [2.24, 2.45) is 5.41 Å². The minimum Gasteiger partial charge on any atom is -0.477 e. The summed E-state index contributed by atoms with van der Waals surface area (Å²) >= 11 is -2.04. The van der Waals surface area contributed by atoms with E-state index in [0.717, 1.165) is 43.4 Å². The lowest BCUT2D eigenvalue weighted by molar-refractivity contribution is -0.140. The number of fused-ring (bicyclic) bond motifs is 1. The van der Waals surface area contributed by atoms with Gasteiger partial charge in [-0.15, -0.1) is 10.2 Å². The Kier molecular flexibility index (Phi) is 16.8. The zero-order valence-electron chi connectivity index (χ0n) is 34.1. The zero-order valence-corrected chi connectivity index (χ0v) is 34.9. The first-order chi connectivity index (χ1) is 24.9. The van der Waals surface area contributed by atoms with E-state index in [1.165, 1.54) is 30.6 Å². The lowest BCUT2D eigenvalue weighted by Gasteiger charge is -2.33. The number of unbranched alkanes of at least 4 members (excludes halogenated alkanes) is 7. The number of ether oxygens (including phenoxy) is 1. The molecule has 2 heterocycles. The molecule has 0 aliphatic heterocycles. The Morgan fingerprint density at radius 1 is 0.925 bits per heavy atom. The van der Waals surface area contributed by atoms with Crippen molar-refractivity contribution in [3.05, 3.63) is 41.3 Å². The molecule has 4 N–H and O–H groups in total. The number of hydrogen-bond donors (Lipinski definition) is 4. The van der Waals surface area contributed by atoms with Crippen molar-refractivity contribution in [1.82, 2.24) is 29.4 Å². The van der Waals surface area contributed by atoms with E-state index >= 15 is 0 Å². The Labute approximate surface area is 320 Å². The van der Waals surface area contributed by atoms with Gasteiger partial charge in [0.05, 0.1) is 19.3 Å². The van der Waals surface area contributed by atoms with E-state index in [4.69, 9.17) is 8.92 Å². The molecule has 53 heavy (non-hydrogen) atoms. The predicted molar refractivity (Wildman–Crippen MR) is 212 cm³/mol. The molecule has 0 saturated heterocycles. The lowest BCUT2D eigenvalue weighted by atomic mass is 9.72. The fourth-order valence-corrected chi connectivity index (χ4v) is 7.65. The molecule has 0 aliphatic carbocycles. The van der Waals surface area contributed by atoms with E-state index in [1.54, 1.807) is 10.6 Å². The van der Waals surface area contributed by atoms with Crippen LogP contribution in [0.5, 0.6) is 11.5 Å². The largest absolute Gasteiger partial charge is 0.477 e. The first-order valence-electron chi connectivity index (χ1n) is 19.5. The summed E-state index contributed by atoms with van der Waals surface area (Å²) in [5.74, 6) is 0.766. The van der Waals surface area contributed by atoms with E-state index in [-0.39, 0.29) is 60.0 Å². The summed E-state index contributed by atoms with van der Waals surface area (Å²) < 4.78 is 31.2. The highest BCUT2D eigenvalue weighted by molar-refractivity contribution is 7.78. The van der Waals surface area contributed by atoms with Gasteiger partial charge in [0.25, 0.3) is 17.2 Å². The molecule has 1 amide bonds. The number of amides is 1. The number of hydrogen-bond acceptors (Lipinski definition) is 8. The van der Waals surface area contributed by atoms with Gasteiger partial charge in [-0.2, -0.15) is 8.93 Å². The highest BCUT2D eigenvalue weighted by Gasteiger charge is 2.31. The predicted octanol–water partition coefficient (Wildman–Crippen LogP) is 7.47. The molecule has 0 spiro atoms. The molecule has 0 bridgehead atoms. The quantitative estimate of drug-likeness (QED) is 0.0727. The number of aromatic nitrogens is 4. The van der Waals surface area contributed by atoms with Gasteiger partial charge in [-0.25, -0.2) is 4.52 Å². The minimum absolute atomic E-state index is 0.0458. The maximum Gasteiger partial charge on any atom is 0.288 e. The maximum atomic E-state index is 13.9. The van der Waals surface area contributed by atoms with Crippen LogP contribution in [0.15, 0.2) is 24.3 Å². The third kappa shape index (κ3) is 13.7. The van der Waals surface area contributed by atoms with Crippen LogP contribution in [0.3, 0.4) is 0 Å². The second-order valence-corrected chi connectivity index (χ2v) is 18.1. The average molecular weight is 761 g/mol. The third-order valence-electron chi connectivity index (χ3n) is 9.47. The second kappa shape index (κ2) is 20.1. The molecule has 0 radical (unpaired) electrons. The van der Waals surface area contributed by atoms with E-state index in [1.807, 2.05) is 25.1 Å². The van der Waals surface area contributed by atoms with Gasteiger partial charge in [-0.1, -0.05) is 113 Å². The number of nitrogens with zero attached hydrogens (tertiary/aromatic N) is 4. The standard InChI is InChI=1S/C40H68N6O6S/c1-11-12-13-14-15-16-17-18-19-32(37(49)45(22-24-47)23-25-48)51-31-21-20-30(40(9,10)28-38(3,4)5)26-33(31)52-53(50)44-29(2)36-42-41-35-27-34(39(6,7)8)43-46(35)36/h20-21,26-27,29,32,43-44,47-48H,11-19,22-25,28H2,1-10H3. The summed E-state index contributed by atoms with van der Waals surface area (Å²) in [7, 11) is 0. The molecule has 13 heteroatoms. The highest BCUT2D eigenvalue weighted by atomic mass is 32.2. The number of H-pyrrole nitrogens is 1. The van der Waals surface area contributed by atoms with Crippen molar-refractivity contribution >= 4 is 22.8 Å². The molecule has 2 aromatic heterocycles. The molecule has 3 aromatic rings. The molecule has 12 nitrogen and oxygen atoms in total. The van der Waals surface area contributed by atoms with Crippen LogP contribution in [-0.4, -0.2) is 77.4 Å². The van der Waals surface area contributed by atoms with Crippen LogP contribution >= 0.6 is 0 Å². The molecule has 3 rings (SSSR count). The van der Waals surface area contributed by atoms with Crippen LogP contribution in [0.1, 0.15) is 157 Å². The smallest absolute Gasteiger partial charge is 0.288 e. The first-order valence-corrected chi connectivity index (χ1v) is 20.6. The van der Waals surface area contributed by atoms with Crippen LogP contribution in [0.2, 0.25) is 0 Å². The molecule has 0 aliphatic rings. The monoisotopic (exact) mass is 760 g/mol. The topological polar surface area (TPSA) is 154 Å². The fourth-order valence-electron chi connectivity index (χ4n) is 6.91. The summed E-state index contributed by atoms with van der Waals surface area (Å²) in [6, 6.07) is 7.08. The molecular formula is C40H68N6O6S. The number of aromatic amines is 1. The highest BCUT2D eigenvalue weighted by Crippen LogP contribution is 2.40. The van der Waals surface area contributed by atoms with Crippen LogP contribution in [0.4, 0.5) is 0 Å². The Hall–Kier alpha value is -3.00. The normalized spacial score (nSPS) is 14.3. The summed E-state index contributed by atoms with van der Waals surface area (Å²) in [5, 5.41) is 31.4. The third-order valence-corrected chi connectivity index (χ3v) is 10.3. The van der Waals surface area contributed by atoms with Gasteiger partial charge in [0, 0.05) is 30.3 Å². The van der Waals surface area contributed by atoms with E-state index in [2.05, 4.69) is 82.3 Å². The number of carbonyl (C=O) groups is 1. The van der Waals surface area contributed by atoms with Crippen molar-refractivity contribution in [3.63, 3.8) is 0 Å². The Morgan fingerprint density at radius 2 is 1.55 bits per heavy atom. The minimum atomic E-state index is -2.04. The van der Waals surface area contributed by atoms with E-state index in [0.29, 0.717) is 17.9 Å². The van der Waals surface area contributed by atoms with Gasteiger partial charge in [0.2, 0.25) is 0 Å². The Balaban J connectivity index is 1.91. The van der Waals surface area contributed by atoms with Crippen molar-refractivity contribution in [2.75, 3.05) is 26.3 Å². The molecular weight excluding hydrogens is 693 g/mol. The summed E-state index contributed by atoms with van der Waals surface area (Å²) in [4.78, 5) is 15.3. The van der Waals surface area contributed by atoms with E-state index in [9.17, 15) is 19.2 Å².